The lowest BCUT2D eigenvalue weighted by atomic mass is 9.90. The van der Waals surface area contributed by atoms with Crippen LogP contribution in [-0.4, -0.2) is 86.1 Å². The van der Waals surface area contributed by atoms with Crippen LogP contribution in [0.2, 0.25) is 0 Å². The van der Waals surface area contributed by atoms with Gasteiger partial charge in [0.25, 0.3) is 0 Å². The average molecular weight is 386 g/mol. The van der Waals surface area contributed by atoms with E-state index in [1.807, 2.05) is 7.05 Å². The maximum absolute atomic E-state index is 4.57. The van der Waals surface area contributed by atoms with Crippen LogP contribution in [0.15, 0.2) is 35.3 Å². The van der Waals surface area contributed by atoms with Crippen molar-refractivity contribution in [3.63, 3.8) is 0 Å². The van der Waals surface area contributed by atoms with E-state index in [1.165, 1.54) is 57.5 Å². The Labute approximate surface area is 171 Å². The molecule has 3 rings (SSSR count). The molecule has 2 heterocycles. The molecule has 5 heteroatoms. The molecule has 28 heavy (non-hydrogen) atoms. The van der Waals surface area contributed by atoms with Gasteiger partial charge in [-0.2, -0.15) is 0 Å². The third-order valence-corrected chi connectivity index (χ3v) is 6.53. The first-order chi connectivity index (χ1) is 13.7. The number of likely N-dealkylation sites (tertiary alicyclic amines) is 1. The minimum absolute atomic E-state index is 0.548. The molecule has 1 atom stereocenters. The Kier molecular flexibility index (Phi) is 8.16. The Morgan fingerprint density at radius 1 is 1.07 bits per heavy atom. The second-order valence-corrected chi connectivity index (χ2v) is 8.37. The molecule has 5 nitrogen and oxygen atoms in total. The summed E-state index contributed by atoms with van der Waals surface area (Å²) >= 11 is 0. The van der Waals surface area contributed by atoms with Crippen LogP contribution < -0.4 is 5.32 Å². The van der Waals surface area contributed by atoms with E-state index in [0.717, 1.165) is 31.5 Å². The van der Waals surface area contributed by atoms with Crippen LogP contribution >= 0.6 is 0 Å². The van der Waals surface area contributed by atoms with Gasteiger partial charge in [-0.05, 0) is 44.2 Å². The largest absolute Gasteiger partial charge is 0.355 e. The van der Waals surface area contributed by atoms with E-state index in [9.17, 15) is 0 Å². The van der Waals surface area contributed by atoms with Gasteiger partial charge in [0.1, 0.15) is 0 Å². The third-order valence-electron chi connectivity index (χ3n) is 6.53. The summed E-state index contributed by atoms with van der Waals surface area (Å²) in [5.74, 6) is 1.88. The van der Waals surface area contributed by atoms with Crippen molar-refractivity contribution in [1.82, 2.24) is 20.0 Å². The number of rotatable bonds is 6. The standard InChI is InChI=1S/C23H39N5/c1-4-26-14-16-27(17-15-26)20(2)19-25-23(24-3)28-12-10-22(11-13-28)18-21-8-6-5-7-9-21/h5-9,20,22H,4,10-19H2,1-3H3,(H,24,25). The molecule has 0 saturated carbocycles. The molecule has 0 radical (unpaired) electrons. The second-order valence-electron chi connectivity index (χ2n) is 8.37. The third kappa shape index (κ3) is 5.95. The Bertz CT molecular complexity index is 586. The summed E-state index contributed by atoms with van der Waals surface area (Å²) < 4.78 is 0. The van der Waals surface area contributed by atoms with Crippen LogP contribution in [0.5, 0.6) is 0 Å². The zero-order chi connectivity index (χ0) is 19.8. The predicted molar refractivity (Wildman–Crippen MR) is 119 cm³/mol. The highest BCUT2D eigenvalue weighted by Crippen LogP contribution is 2.21. The fourth-order valence-corrected chi connectivity index (χ4v) is 4.52. The minimum Gasteiger partial charge on any atom is -0.355 e. The highest BCUT2D eigenvalue weighted by molar-refractivity contribution is 5.80. The van der Waals surface area contributed by atoms with E-state index < -0.39 is 0 Å². The quantitative estimate of drug-likeness (QED) is 0.603. The maximum Gasteiger partial charge on any atom is 0.193 e. The number of hydrogen-bond acceptors (Lipinski definition) is 3. The van der Waals surface area contributed by atoms with Crippen LogP contribution in [0.3, 0.4) is 0 Å². The summed E-state index contributed by atoms with van der Waals surface area (Å²) in [6.45, 7) is 13.7. The minimum atomic E-state index is 0.548. The highest BCUT2D eigenvalue weighted by Gasteiger charge is 2.23. The van der Waals surface area contributed by atoms with E-state index in [1.54, 1.807) is 0 Å². The molecule has 1 unspecified atom stereocenters. The van der Waals surface area contributed by atoms with Gasteiger partial charge in [0.15, 0.2) is 5.96 Å². The van der Waals surface area contributed by atoms with Gasteiger partial charge >= 0.3 is 0 Å². The van der Waals surface area contributed by atoms with Crippen LogP contribution in [0.4, 0.5) is 0 Å². The van der Waals surface area contributed by atoms with Gasteiger partial charge in [0.05, 0.1) is 0 Å². The summed E-state index contributed by atoms with van der Waals surface area (Å²) in [5.41, 5.74) is 1.47. The predicted octanol–water partition coefficient (Wildman–Crippen LogP) is 2.54. The van der Waals surface area contributed by atoms with Gasteiger partial charge in [0, 0.05) is 58.9 Å². The number of guanidine groups is 1. The van der Waals surface area contributed by atoms with Crippen molar-refractivity contribution in [3.05, 3.63) is 35.9 Å². The van der Waals surface area contributed by atoms with Gasteiger partial charge in [-0.15, -0.1) is 0 Å². The lowest BCUT2D eigenvalue weighted by Gasteiger charge is -2.39. The fraction of sp³-hybridized carbons (Fsp3) is 0.696. The number of benzene rings is 1. The Morgan fingerprint density at radius 2 is 1.75 bits per heavy atom. The first-order valence-corrected chi connectivity index (χ1v) is 11.2. The van der Waals surface area contributed by atoms with Crippen molar-refractivity contribution < 1.29 is 0 Å². The van der Waals surface area contributed by atoms with Crippen molar-refractivity contribution in [2.45, 2.75) is 39.2 Å². The van der Waals surface area contributed by atoms with Crippen molar-refractivity contribution in [2.75, 3.05) is 59.4 Å². The lowest BCUT2D eigenvalue weighted by Crippen LogP contribution is -2.54. The molecule has 2 aliphatic heterocycles. The number of piperidine rings is 1. The second kappa shape index (κ2) is 10.8. The van der Waals surface area contributed by atoms with Crippen molar-refractivity contribution in [1.29, 1.82) is 0 Å². The molecule has 1 aromatic carbocycles. The molecule has 2 aliphatic rings. The first kappa shape index (κ1) is 21.1. The van der Waals surface area contributed by atoms with Gasteiger partial charge < -0.3 is 15.1 Å². The molecule has 0 aromatic heterocycles. The smallest absolute Gasteiger partial charge is 0.193 e. The van der Waals surface area contributed by atoms with Crippen LogP contribution in [0.25, 0.3) is 0 Å². The molecule has 1 N–H and O–H groups in total. The fourth-order valence-electron chi connectivity index (χ4n) is 4.52. The Morgan fingerprint density at radius 3 is 2.36 bits per heavy atom. The molecule has 0 bridgehead atoms. The Hall–Kier alpha value is -1.59. The summed E-state index contributed by atoms with van der Waals surface area (Å²) in [7, 11) is 1.92. The molecule has 0 amide bonds. The number of aliphatic imine (C=N–C) groups is 1. The van der Waals surface area contributed by atoms with E-state index in [4.69, 9.17) is 0 Å². The molecule has 0 aliphatic carbocycles. The van der Waals surface area contributed by atoms with Crippen LogP contribution in [0.1, 0.15) is 32.3 Å². The normalized spacial score (nSPS) is 21.7. The first-order valence-electron chi connectivity index (χ1n) is 11.2. The lowest BCUT2D eigenvalue weighted by molar-refractivity contribution is 0.106. The summed E-state index contributed by atoms with van der Waals surface area (Å²) in [6, 6.07) is 11.5. The van der Waals surface area contributed by atoms with Crippen LogP contribution in [-0.2, 0) is 6.42 Å². The van der Waals surface area contributed by atoms with E-state index in [0.29, 0.717) is 6.04 Å². The molecule has 2 fully saturated rings. The van der Waals surface area contributed by atoms with E-state index >= 15 is 0 Å². The van der Waals surface area contributed by atoms with E-state index in [-0.39, 0.29) is 0 Å². The van der Waals surface area contributed by atoms with Gasteiger partial charge in [-0.1, -0.05) is 37.3 Å². The number of nitrogens with zero attached hydrogens (tertiary/aromatic N) is 4. The molecule has 2 saturated heterocycles. The molecule has 156 valence electrons. The van der Waals surface area contributed by atoms with Crippen molar-refractivity contribution >= 4 is 5.96 Å². The molecule has 0 spiro atoms. The maximum atomic E-state index is 4.57. The average Bonchev–Trinajstić information content (AvgIpc) is 2.76. The topological polar surface area (TPSA) is 34.1 Å². The number of nitrogens with one attached hydrogen (secondary N) is 1. The molecular weight excluding hydrogens is 346 g/mol. The monoisotopic (exact) mass is 385 g/mol. The number of piperazine rings is 1. The summed E-state index contributed by atoms with van der Waals surface area (Å²) in [5, 5.41) is 3.65. The molecule has 1 aromatic rings. The van der Waals surface area contributed by atoms with Gasteiger partial charge in [-0.25, -0.2) is 0 Å². The summed E-state index contributed by atoms with van der Waals surface area (Å²) in [4.78, 5) is 12.2. The van der Waals surface area contributed by atoms with Gasteiger partial charge in [-0.3, -0.25) is 9.89 Å². The van der Waals surface area contributed by atoms with Gasteiger partial charge in [0.2, 0.25) is 0 Å². The number of likely N-dealkylation sites (N-methyl/N-ethyl adjacent to an activating group) is 1. The van der Waals surface area contributed by atoms with Crippen molar-refractivity contribution in [3.8, 4) is 0 Å². The summed E-state index contributed by atoms with van der Waals surface area (Å²) in [6.07, 6.45) is 3.72. The Balaban J connectivity index is 1.40. The highest BCUT2D eigenvalue weighted by atomic mass is 15.3. The van der Waals surface area contributed by atoms with E-state index in [2.05, 4.69) is 69.2 Å². The SMILES string of the molecule is CCN1CCN(C(C)CNC(=NC)N2CCC(Cc3ccccc3)CC2)CC1. The zero-order valence-corrected chi connectivity index (χ0v) is 18.1. The molecular formula is C23H39N5. The number of hydrogen-bond donors (Lipinski definition) is 1. The van der Waals surface area contributed by atoms with Crippen LogP contribution in [0, 0.1) is 5.92 Å². The van der Waals surface area contributed by atoms with Crippen molar-refractivity contribution in [2.24, 2.45) is 10.9 Å². The zero-order valence-electron chi connectivity index (χ0n) is 18.1.